The lowest BCUT2D eigenvalue weighted by Gasteiger charge is -2.28. The molecule has 1 N–H and O–H groups in total. The summed E-state index contributed by atoms with van der Waals surface area (Å²) >= 11 is 0. The Kier molecular flexibility index (Phi) is 2.59. The lowest BCUT2D eigenvalue weighted by Crippen LogP contribution is -2.45. The van der Waals surface area contributed by atoms with Gasteiger partial charge in [-0.2, -0.15) is 0 Å². The third kappa shape index (κ3) is 2.35. The molecule has 1 aliphatic carbocycles. The first-order valence-corrected chi connectivity index (χ1v) is 5.36. The van der Waals surface area contributed by atoms with E-state index >= 15 is 0 Å². The molecule has 0 aromatic heterocycles. The van der Waals surface area contributed by atoms with Crippen LogP contribution in [0, 0.1) is 0 Å². The average molecular weight is 194 g/mol. The van der Waals surface area contributed by atoms with Crippen molar-refractivity contribution in [2.75, 3.05) is 19.6 Å². The minimum atomic E-state index is 0.107. The van der Waals surface area contributed by atoms with Gasteiger partial charge in [0, 0.05) is 26.6 Å². The van der Waals surface area contributed by atoms with Gasteiger partial charge in [0.1, 0.15) is 0 Å². The van der Waals surface area contributed by atoms with Crippen LogP contribution in [0.4, 0.5) is 0 Å². The third-order valence-electron chi connectivity index (χ3n) is 2.96. The zero-order valence-corrected chi connectivity index (χ0v) is 8.75. The van der Waals surface area contributed by atoms with Crippen LogP contribution in [-0.2, 0) is 4.79 Å². The van der Waals surface area contributed by atoms with Gasteiger partial charge in [0.25, 0.3) is 0 Å². The SMILES string of the molecule is CC(=O)NC1(CN2CC=CCC2)CC1. The molecule has 0 atom stereocenters. The second kappa shape index (κ2) is 3.73. The topological polar surface area (TPSA) is 32.3 Å². The minimum absolute atomic E-state index is 0.107. The summed E-state index contributed by atoms with van der Waals surface area (Å²) in [5.41, 5.74) is 0.122. The Labute approximate surface area is 85.2 Å². The molecular formula is C11H18N2O. The van der Waals surface area contributed by atoms with E-state index in [9.17, 15) is 4.79 Å². The molecule has 14 heavy (non-hydrogen) atoms. The Hall–Kier alpha value is -0.830. The smallest absolute Gasteiger partial charge is 0.217 e. The molecule has 1 saturated carbocycles. The molecule has 1 fully saturated rings. The van der Waals surface area contributed by atoms with Crippen molar-refractivity contribution in [1.29, 1.82) is 0 Å². The van der Waals surface area contributed by atoms with Crippen LogP contribution in [0.5, 0.6) is 0 Å². The van der Waals surface area contributed by atoms with Crippen molar-refractivity contribution in [1.82, 2.24) is 10.2 Å². The summed E-state index contributed by atoms with van der Waals surface area (Å²) in [7, 11) is 0. The highest BCUT2D eigenvalue weighted by molar-refractivity contribution is 5.74. The van der Waals surface area contributed by atoms with Crippen molar-refractivity contribution in [3.05, 3.63) is 12.2 Å². The van der Waals surface area contributed by atoms with Crippen LogP contribution in [0.2, 0.25) is 0 Å². The van der Waals surface area contributed by atoms with Crippen molar-refractivity contribution < 1.29 is 4.79 Å². The summed E-state index contributed by atoms with van der Waals surface area (Å²) in [5.74, 6) is 0.107. The van der Waals surface area contributed by atoms with Gasteiger partial charge in [-0.15, -0.1) is 0 Å². The minimum Gasteiger partial charge on any atom is -0.350 e. The lowest BCUT2D eigenvalue weighted by atomic mass is 10.2. The van der Waals surface area contributed by atoms with E-state index in [1.54, 1.807) is 6.92 Å². The van der Waals surface area contributed by atoms with Crippen molar-refractivity contribution in [3.8, 4) is 0 Å². The first-order valence-electron chi connectivity index (χ1n) is 5.36. The summed E-state index contributed by atoms with van der Waals surface area (Å²) in [5, 5.41) is 3.07. The van der Waals surface area contributed by atoms with Gasteiger partial charge in [0.15, 0.2) is 0 Å². The highest BCUT2D eigenvalue weighted by atomic mass is 16.1. The van der Waals surface area contributed by atoms with Crippen LogP contribution in [-0.4, -0.2) is 36.0 Å². The molecular weight excluding hydrogens is 176 g/mol. The van der Waals surface area contributed by atoms with Crippen molar-refractivity contribution in [2.24, 2.45) is 0 Å². The molecule has 3 heteroatoms. The zero-order chi connectivity index (χ0) is 10.0. The fourth-order valence-corrected chi connectivity index (χ4v) is 2.11. The van der Waals surface area contributed by atoms with Gasteiger partial charge >= 0.3 is 0 Å². The second-order valence-electron chi connectivity index (χ2n) is 4.46. The van der Waals surface area contributed by atoms with Gasteiger partial charge in [-0.05, 0) is 19.3 Å². The van der Waals surface area contributed by atoms with E-state index in [1.165, 1.54) is 0 Å². The molecule has 0 bridgehead atoms. The molecule has 0 saturated heterocycles. The number of nitrogens with zero attached hydrogens (tertiary/aromatic N) is 1. The highest BCUT2D eigenvalue weighted by Crippen LogP contribution is 2.36. The van der Waals surface area contributed by atoms with Gasteiger partial charge in [-0.1, -0.05) is 12.2 Å². The molecule has 0 aromatic rings. The standard InChI is InChI=1S/C11H18N2O/c1-10(14)12-11(5-6-11)9-13-7-3-2-4-8-13/h2-3H,4-9H2,1H3,(H,12,14). The molecule has 1 amide bonds. The van der Waals surface area contributed by atoms with Crippen LogP contribution >= 0.6 is 0 Å². The Bertz CT molecular complexity index is 256. The summed E-state index contributed by atoms with van der Waals surface area (Å²) < 4.78 is 0. The van der Waals surface area contributed by atoms with Crippen LogP contribution in [0.1, 0.15) is 26.2 Å². The number of carbonyl (C=O) groups is 1. The van der Waals surface area contributed by atoms with E-state index in [-0.39, 0.29) is 11.4 Å². The second-order valence-corrected chi connectivity index (χ2v) is 4.46. The molecule has 3 nitrogen and oxygen atoms in total. The maximum atomic E-state index is 11.0. The van der Waals surface area contributed by atoms with Gasteiger partial charge in [0.2, 0.25) is 5.91 Å². The Morgan fingerprint density at radius 1 is 1.50 bits per heavy atom. The first-order chi connectivity index (χ1) is 6.70. The quantitative estimate of drug-likeness (QED) is 0.677. The molecule has 0 aromatic carbocycles. The Balaban J connectivity index is 1.84. The van der Waals surface area contributed by atoms with E-state index in [0.29, 0.717) is 0 Å². The van der Waals surface area contributed by atoms with Gasteiger partial charge in [-0.3, -0.25) is 9.69 Å². The molecule has 0 spiro atoms. The van der Waals surface area contributed by atoms with Crippen molar-refractivity contribution in [2.45, 2.75) is 31.7 Å². The molecule has 2 aliphatic rings. The molecule has 2 rings (SSSR count). The Morgan fingerprint density at radius 2 is 2.29 bits per heavy atom. The van der Waals surface area contributed by atoms with E-state index in [2.05, 4.69) is 22.4 Å². The summed E-state index contributed by atoms with van der Waals surface area (Å²) in [6, 6.07) is 0. The number of nitrogens with one attached hydrogen (secondary N) is 1. The zero-order valence-electron chi connectivity index (χ0n) is 8.75. The van der Waals surface area contributed by atoms with Crippen LogP contribution in [0.3, 0.4) is 0 Å². The maximum Gasteiger partial charge on any atom is 0.217 e. The number of amides is 1. The van der Waals surface area contributed by atoms with Gasteiger partial charge in [0.05, 0.1) is 5.54 Å². The molecule has 1 heterocycles. The van der Waals surface area contributed by atoms with E-state index in [1.807, 2.05) is 0 Å². The van der Waals surface area contributed by atoms with Gasteiger partial charge in [-0.25, -0.2) is 0 Å². The summed E-state index contributed by atoms with van der Waals surface area (Å²) in [4.78, 5) is 13.4. The predicted molar refractivity (Wildman–Crippen MR) is 56.0 cm³/mol. The average Bonchev–Trinajstić information content (AvgIpc) is 2.85. The molecule has 0 radical (unpaired) electrons. The molecule has 78 valence electrons. The number of rotatable bonds is 3. The van der Waals surface area contributed by atoms with Crippen LogP contribution in [0.15, 0.2) is 12.2 Å². The van der Waals surface area contributed by atoms with E-state index < -0.39 is 0 Å². The van der Waals surface area contributed by atoms with Crippen LogP contribution < -0.4 is 5.32 Å². The molecule has 0 unspecified atom stereocenters. The van der Waals surface area contributed by atoms with E-state index in [0.717, 1.165) is 38.9 Å². The number of carbonyl (C=O) groups excluding carboxylic acids is 1. The van der Waals surface area contributed by atoms with Gasteiger partial charge < -0.3 is 5.32 Å². The fourth-order valence-electron chi connectivity index (χ4n) is 2.11. The predicted octanol–water partition coefficient (Wildman–Crippen LogP) is 0.917. The molecule has 1 aliphatic heterocycles. The lowest BCUT2D eigenvalue weighted by molar-refractivity contribution is -0.120. The summed E-state index contributed by atoms with van der Waals surface area (Å²) in [6.45, 7) is 4.81. The van der Waals surface area contributed by atoms with Crippen molar-refractivity contribution in [3.63, 3.8) is 0 Å². The normalized spacial score (nSPS) is 24.6. The monoisotopic (exact) mass is 194 g/mol. The fraction of sp³-hybridized carbons (Fsp3) is 0.727. The number of hydrogen-bond acceptors (Lipinski definition) is 2. The maximum absolute atomic E-state index is 11.0. The number of hydrogen-bond donors (Lipinski definition) is 1. The highest BCUT2D eigenvalue weighted by Gasteiger charge is 2.44. The summed E-state index contributed by atoms with van der Waals surface area (Å²) in [6.07, 6.45) is 7.89. The van der Waals surface area contributed by atoms with Crippen molar-refractivity contribution >= 4 is 5.91 Å². The Morgan fingerprint density at radius 3 is 2.79 bits per heavy atom. The van der Waals surface area contributed by atoms with Crippen LogP contribution in [0.25, 0.3) is 0 Å². The third-order valence-corrected chi connectivity index (χ3v) is 2.96. The largest absolute Gasteiger partial charge is 0.350 e. The first kappa shape index (κ1) is 9.71. The van der Waals surface area contributed by atoms with E-state index in [4.69, 9.17) is 0 Å².